The summed E-state index contributed by atoms with van der Waals surface area (Å²) in [6.07, 6.45) is 1.23. The summed E-state index contributed by atoms with van der Waals surface area (Å²) < 4.78 is 15.5. The Morgan fingerprint density at radius 3 is 2.64 bits per heavy atom. The van der Waals surface area contributed by atoms with Gasteiger partial charge in [0.2, 0.25) is 0 Å². The number of aryl methyl sites for hydroxylation is 1. The van der Waals surface area contributed by atoms with E-state index in [1.54, 1.807) is 21.1 Å². The molecule has 25 heavy (non-hydrogen) atoms. The van der Waals surface area contributed by atoms with Gasteiger partial charge in [-0.15, -0.1) is 0 Å². The largest absolute Gasteiger partial charge is 0.497 e. The van der Waals surface area contributed by atoms with E-state index in [1.165, 1.54) is 6.39 Å². The monoisotopic (exact) mass is 342 g/mol. The Kier molecular flexibility index (Phi) is 4.80. The first-order valence-electron chi connectivity index (χ1n) is 7.56. The first-order chi connectivity index (χ1) is 12.1. The zero-order chi connectivity index (χ0) is 17.8. The van der Waals surface area contributed by atoms with Gasteiger partial charge in [-0.3, -0.25) is 9.89 Å². The Bertz CT molecular complexity index is 867. The van der Waals surface area contributed by atoms with Crippen LogP contribution >= 0.6 is 0 Å². The van der Waals surface area contributed by atoms with Crippen molar-refractivity contribution in [3.63, 3.8) is 0 Å². The van der Waals surface area contributed by atoms with Gasteiger partial charge in [-0.05, 0) is 24.6 Å². The van der Waals surface area contributed by atoms with Gasteiger partial charge in [-0.25, -0.2) is 4.98 Å². The van der Waals surface area contributed by atoms with E-state index in [0.717, 1.165) is 22.6 Å². The molecule has 0 spiro atoms. The van der Waals surface area contributed by atoms with Crippen LogP contribution in [0.4, 0.5) is 5.82 Å². The lowest BCUT2D eigenvalue weighted by molar-refractivity contribution is 0.102. The lowest BCUT2D eigenvalue weighted by Gasteiger charge is -2.08. The topological polar surface area (TPSA) is 102 Å². The standard InChI is InChI=1S/C17H18N4O4/c1-10-15(18-9-25-10)17(22)19-16-14(13(8-23-2)20-21-16)11-4-6-12(24-3)7-5-11/h4-7,9H,8H2,1-3H3,(H2,19,20,21,22). The molecule has 0 bridgehead atoms. The van der Waals surface area contributed by atoms with E-state index < -0.39 is 5.91 Å². The van der Waals surface area contributed by atoms with Crippen LogP contribution in [-0.4, -0.2) is 35.3 Å². The molecule has 2 aromatic heterocycles. The second kappa shape index (κ2) is 7.18. The summed E-state index contributed by atoms with van der Waals surface area (Å²) in [5, 5.41) is 9.88. The number of anilines is 1. The van der Waals surface area contributed by atoms with E-state index in [1.807, 2.05) is 24.3 Å². The van der Waals surface area contributed by atoms with Gasteiger partial charge < -0.3 is 19.2 Å². The molecule has 0 aliphatic carbocycles. The number of carbonyl (C=O) groups is 1. The van der Waals surface area contributed by atoms with Gasteiger partial charge in [0, 0.05) is 12.7 Å². The third-order valence-corrected chi connectivity index (χ3v) is 3.70. The van der Waals surface area contributed by atoms with Crippen LogP contribution in [0.3, 0.4) is 0 Å². The SMILES string of the molecule is COCc1[nH]nc(NC(=O)c2ncoc2C)c1-c1ccc(OC)cc1. The minimum Gasteiger partial charge on any atom is -0.497 e. The van der Waals surface area contributed by atoms with Gasteiger partial charge in [0.05, 0.1) is 19.4 Å². The zero-order valence-electron chi connectivity index (χ0n) is 14.1. The second-order valence-corrected chi connectivity index (χ2v) is 5.30. The predicted molar refractivity (Wildman–Crippen MR) is 90.5 cm³/mol. The number of methoxy groups -OCH3 is 2. The molecular weight excluding hydrogens is 324 g/mol. The van der Waals surface area contributed by atoms with Crippen LogP contribution in [0.2, 0.25) is 0 Å². The summed E-state index contributed by atoms with van der Waals surface area (Å²) in [6, 6.07) is 7.46. The van der Waals surface area contributed by atoms with Gasteiger partial charge in [-0.2, -0.15) is 5.10 Å². The number of aromatic amines is 1. The fourth-order valence-corrected chi connectivity index (χ4v) is 2.48. The zero-order valence-corrected chi connectivity index (χ0v) is 14.1. The summed E-state index contributed by atoms with van der Waals surface area (Å²) >= 11 is 0. The van der Waals surface area contributed by atoms with Crippen molar-refractivity contribution in [3.8, 4) is 16.9 Å². The van der Waals surface area contributed by atoms with E-state index in [9.17, 15) is 4.79 Å². The van der Waals surface area contributed by atoms with E-state index in [2.05, 4.69) is 20.5 Å². The quantitative estimate of drug-likeness (QED) is 0.714. The number of nitrogens with zero attached hydrogens (tertiary/aromatic N) is 2. The molecule has 8 nitrogen and oxygen atoms in total. The Morgan fingerprint density at radius 1 is 1.28 bits per heavy atom. The van der Waals surface area contributed by atoms with Gasteiger partial charge in [0.1, 0.15) is 11.5 Å². The number of hydrogen-bond acceptors (Lipinski definition) is 6. The number of amides is 1. The number of nitrogens with one attached hydrogen (secondary N) is 2. The molecule has 0 unspecified atom stereocenters. The second-order valence-electron chi connectivity index (χ2n) is 5.30. The lowest BCUT2D eigenvalue weighted by atomic mass is 10.1. The number of hydrogen-bond donors (Lipinski definition) is 2. The average molecular weight is 342 g/mol. The third kappa shape index (κ3) is 3.38. The summed E-state index contributed by atoms with van der Waals surface area (Å²) in [7, 11) is 3.20. The van der Waals surface area contributed by atoms with Crippen molar-refractivity contribution in [3.05, 3.63) is 47.8 Å². The van der Waals surface area contributed by atoms with Gasteiger partial charge in [-0.1, -0.05) is 12.1 Å². The van der Waals surface area contributed by atoms with Crippen LogP contribution in [-0.2, 0) is 11.3 Å². The molecule has 1 aromatic carbocycles. The molecule has 2 heterocycles. The molecule has 0 saturated heterocycles. The van der Waals surface area contributed by atoms with Crippen molar-refractivity contribution in [1.82, 2.24) is 15.2 Å². The Hall–Kier alpha value is -3.13. The minimum absolute atomic E-state index is 0.219. The minimum atomic E-state index is -0.392. The molecular formula is C17H18N4O4. The number of aromatic nitrogens is 3. The maximum Gasteiger partial charge on any atom is 0.279 e. The van der Waals surface area contributed by atoms with E-state index in [4.69, 9.17) is 13.9 Å². The molecule has 8 heteroatoms. The fraction of sp³-hybridized carbons (Fsp3) is 0.235. The first kappa shape index (κ1) is 16.7. The molecule has 1 amide bonds. The highest BCUT2D eigenvalue weighted by Gasteiger charge is 2.20. The van der Waals surface area contributed by atoms with Crippen LogP contribution in [0.25, 0.3) is 11.1 Å². The number of carbonyl (C=O) groups excluding carboxylic acids is 1. The number of ether oxygens (including phenoxy) is 2. The van der Waals surface area contributed by atoms with Crippen LogP contribution in [0.15, 0.2) is 35.1 Å². The third-order valence-electron chi connectivity index (χ3n) is 3.70. The van der Waals surface area contributed by atoms with E-state index >= 15 is 0 Å². The lowest BCUT2D eigenvalue weighted by Crippen LogP contribution is -2.14. The van der Waals surface area contributed by atoms with Crippen LogP contribution in [0.1, 0.15) is 21.9 Å². The number of H-pyrrole nitrogens is 1. The maximum absolute atomic E-state index is 12.4. The van der Waals surface area contributed by atoms with Crippen molar-refractivity contribution in [2.75, 3.05) is 19.5 Å². The average Bonchev–Trinajstić information content (AvgIpc) is 3.22. The highest BCUT2D eigenvalue weighted by molar-refractivity contribution is 6.05. The molecule has 0 atom stereocenters. The normalized spacial score (nSPS) is 10.7. The maximum atomic E-state index is 12.4. The highest BCUT2D eigenvalue weighted by atomic mass is 16.5. The molecule has 0 saturated carbocycles. The first-order valence-corrected chi connectivity index (χ1v) is 7.56. The molecule has 0 fully saturated rings. The van der Waals surface area contributed by atoms with Gasteiger partial charge >= 0.3 is 0 Å². The molecule has 130 valence electrons. The Labute approximate surface area is 144 Å². The summed E-state index contributed by atoms with van der Waals surface area (Å²) in [6.45, 7) is 2.00. The molecule has 0 aliphatic rings. The van der Waals surface area contributed by atoms with E-state index in [0.29, 0.717) is 18.2 Å². The van der Waals surface area contributed by atoms with Crippen molar-refractivity contribution >= 4 is 11.7 Å². The van der Waals surface area contributed by atoms with Crippen molar-refractivity contribution in [2.45, 2.75) is 13.5 Å². The van der Waals surface area contributed by atoms with E-state index in [-0.39, 0.29) is 5.69 Å². The Morgan fingerprint density at radius 2 is 2.04 bits per heavy atom. The van der Waals surface area contributed by atoms with Crippen LogP contribution in [0.5, 0.6) is 5.75 Å². The van der Waals surface area contributed by atoms with Crippen molar-refractivity contribution in [2.24, 2.45) is 0 Å². The molecule has 3 rings (SSSR count). The summed E-state index contributed by atoms with van der Waals surface area (Å²) in [4.78, 5) is 16.3. The van der Waals surface area contributed by atoms with Crippen LogP contribution < -0.4 is 10.1 Å². The Balaban J connectivity index is 1.96. The smallest absolute Gasteiger partial charge is 0.279 e. The van der Waals surface area contributed by atoms with Gasteiger partial charge in [0.15, 0.2) is 17.9 Å². The van der Waals surface area contributed by atoms with Crippen LogP contribution in [0, 0.1) is 6.92 Å². The molecule has 0 aliphatic heterocycles. The van der Waals surface area contributed by atoms with Gasteiger partial charge in [0.25, 0.3) is 5.91 Å². The number of benzene rings is 1. The number of rotatable bonds is 6. The van der Waals surface area contributed by atoms with Crippen molar-refractivity contribution in [1.29, 1.82) is 0 Å². The summed E-state index contributed by atoms with van der Waals surface area (Å²) in [5.41, 5.74) is 2.59. The summed E-state index contributed by atoms with van der Waals surface area (Å²) in [5.74, 6) is 1.18. The predicted octanol–water partition coefficient (Wildman–Crippen LogP) is 2.78. The highest BCUT2D eigenvalue weighted by Crippen LogP contribution is 2.32. The molecule has 2 N–H and O–H groups in total. The number of oxazole rings is 1. The van der Waals surface area contributed by atoms with Crippen molar-refractivity contribution < 1.29 is 18.7 Å². The molecule has 3 aromatic rings. The molecule has 0 radical (unpaired) electrons. The fourth-order valence-electron chi connectivity index (χ4n) is 2.48.